The SMILES string of the molecule is CSc1cc(N(CCBr)C2CC2)ncn1. The molecule has 0 N–H and O–H groups in total. The third-order valence-corrected chi connectivity index (χ3v) is 3.44. The summed E-state index contributed by atoms with van der Waals surface area (Å²) >= 11 is 5.15. The number of rotatable bonds is 5. The molecule has 2 rings (SSSR count). The molecule has 0 amide bonds. The number of alkyl halides is 1. The third kappa shape index (κ3) is 2.84. The molecule has 1 aliphatic rings. The Morgan fingerprint density at radius 2 is 2.33 bits per heavy atom. The number of anilines is 1. The number of hydrogen-bond donors (Lipinski definition) is 0. The molecular weight excluding hydrogens is 274 g/mol. The monoisotopic (exact) mass is 287 g/mol. The lowest BCUT2D eigenvalue weighted by Crippen LogP contribution is -2.28. The molecule has 0 aromatic carbocycles. The molecule has 1 heterocycles. The van der Waals surface area contributed by atoms with Gasteiger partial charge in [0.05, 0.1) is 0 Å². The first kappa shape index (κ1) is 11.2. The molecule has 5 heteroatoms. The maximum atomic E-state index is 4.35. The minimum Gasteiger partial charge on any atom is -0.353 e. The van der Waals surface area contributed by atoms with Gasteiger partial charge in [-0.25, -0.2) is 9.97 Å². The first-order valence-corrected chi connectivity index (χ1v) is 7.38. The fourth-order valence-corrected chi connectivity index (χ4v) is 2.32. The van der Waals surface area contributed by atoms with E-state index in [1.54, 1.807) is 18.1 Å². The lowest BCUT2D eigenvalue weighted by Gasteiger charge is -2.22. The maximum absolute atomic E-state index is 4.35. The highest BCUT2D eigenvalue weighted by Gasteiger charge is 2.29. The van der Waals surface area contributed by atoms with Crippen LogP contribution in [0.1, 0.15) is 12.8 Å². The van der Waals surface area contributed by atoms with Crippen LogP contribution in [0.15, 0.2) is 17.4 Å². The predicted octanol–water partition coefficient (Wildman–Crippen LogP) is 2.56. The Morgan fingerprint density at radius 1 is 1.53 bits per heavy atom. The Balaban J connectivity index is 2.16. The van der Waals surface area contributed by atoms with Crippen LogP contribution in [0.5, 0.6) is 0 Å². The largest absolute Gasteiger partial charge is 0.353 e. The van der Waals surface area contributed by atoms with E-state index in [1.807, 2.05) is 6.26 Å². The standard InChI is InChI=1S/C10H14BrN3S/c1-15-10-6-9(12-7-13-10)14(5-4-11)8-2-3-8/h6-8H,2-5H2,1H3. The zero-order valence-electron chi connectivity index (χ0n) is 8.69. The summed E-state index contributed by atoms with van der Waals surface area (Å²) in [5.41, 5.74) is 0. The van der Waals surface area contributed by atoms with Gasteiger partial charge in [0.1, 0.15) is 17.2 Å². The van der Waals surface area contributed by atoms with Crippen LogP contribution in [-0.2, 0) is 0 Å². The van der Waals surface area contributed by atoms with Gasteiger partial charge in [0.2, 0.25) is 0 Å². The average molecular weight is 288 g/mol. The van der Waals surface area contributed by atoms with Gasteiger partial charge in [-0.1, -0.05) is 15.9 Å². The zero-order valence-corrected chi connectivity index (χ0v) is 11.1. The van der Waals surface area contributed by atoms with E-state index in [0.29, 0.717) is 6.04 Å². The highest BCUT2D eigenvalue weighted by atomic mass is 79.9. The molecule has 0 aliphatic heterocycles. The minimum absolute atomic E-state index is 0.701. The molecule has 0 spiro atoms. The number of thioether (sulfide) groups is 1. The number of halogens is 1. The van der Waals surface area contributed by atoms with Crippen molar-refractivity contribution < 1.29 is 0 Å². The van der Waals surface area contributed by atoms with E-state index in [-0.39, 0.29) is 0 Å². The number of hydrogen-bond acceptors (Lipinski definition) is 4. The Bertz CT molecular complexity index is 330. The molecule has 1 aromatic rings. The summed E-state index contributed by atoms with van der Waals surface area (Å²) in [5, 5.41) is 2.03. The van der Waals surface area contributed by atoms with Crippen LogP contribution in [-0.4, -0.2) is 34.1 Å². The average Bonchev–Trinajstić information content (AvgIpc) is 3.10. The molecular formula is C10H14BrN3S. The van der Waals surface area contributed by atoms with Gasteiger partial charge in [0.25, 0.3) is 0 Å². The molecule has 0 bridgehead atoms. The van der Waals surface area contributed by atoms with E-state index in [2.05, 4.69) is 36.9 Å². The molecule has 1 aromatic heterocycles. The van der Waals surface area contributed by atoms with Crippen molar-refractivity contribution in [3.63, 3.8) is 0 Å². The number of aromatic nitrogens is 2. The second-order valence-corrected chi connectivity index (χ2v) is 5.15. The Labute approximate surface area is 103 Å². The first-order valence-electron chi connectivity index (χ1n) is 5.04. The molecule has 3 nitrogen and oxygen atoms in total. The minimum atomic E-state index is 0.701. The van der Waals surface area contributed by atoms with Crippen LogP contribution in [0.25, 0.3) is 0 Å². The molecule has 1 fully saturated rings. The lowest BCUT2D eigenvalue weighted by molar-refractivity contribution is 0.805. The van der Waals surface area contributed by atoms with Crippen molar-refractivity contribution in [1.29, 1.82) is 0 Å². The van der Waals surface area contributed by atoms with Crippen LogP contribution < -0.4 is 4.90 Å². The van der Waals surface area contributed by atoms with Crippen LogP contribution in [0, 0.1) is 0 Å². The van der Waals surface area contributed by atoms with Gasteiger partial charge >= 0.3 is 0 Å². The van der Waals surface area contributed by atoms with Crippen LogP contribution in [0.2, 0.25) is 0 Å². The smallest absolute Gasteiger partial charge is 0.133 e. The molecule has 82 valence electrons. The van der Waals surface area contributed by atoms with Crippen LogP contribution in [0.3, 0.4) is 0 Å². The predicted molar refractivity (Wildman–Crippen MR) is 68.0 cm³/mol. The van der Waals surface area contributed by atoms with E-state index < -0.39 is 0 Å². The molecule has 0 radical (unpaired) electrons. The van der Waals surface area contributed by atoms with Gasteiger partial charge in [0.15, 0.2) is 0 Å². The normalized spacial score (nSPS) is 15.3. The summed E-state index contributed by atoms with van der Waals surface area (Å²) in [4.78, 5) is 10.9. The van der Waals surface area contributed by atoms with Gasteiger partial charge < -0.3 is 4.90 Å². The highest BCUT2D eigenvalue weighted by molar-refractivity contribution is 9.09. The summed E-state index contributed by atoms with van der Waals surface area (Å²) in [6.45, 7) is 1.02. The Morgan fingerprint density at radius 3 is 2.93 bits per heavy atom. The summed E-state index contributed by atoms with van der Waals surface area (Å²) < 4.78 is 0. The Kier molecular flexibility index (Phi) is 3.86. The quantitative estimate of drug-likeness (QED) is 0.473. The van der Waals surface area contributed by atoms with Crippen molar-refractivity contribution in [3.8, 4) is 0 Å². The van der Waals surface area contributed by atoms with Crippen molar-refractivity contribution in [2.24, 2.45) is 0 Å². The molecule has 0 unspecified atom stereocenters. The fourth-order valence-electron chi connectivity index (χ4n) is 1.56. The van der Waals surface area contributed by atoms with Gasteiger partial charge in [0, 0.05) is 24.0 Å². The van der Waals surface area contributed by atoms with E-state index in [4.69, 9.17) is 0 Å². The van der Waals surface area contributed by atoms with E-state index in [1.165, 1.54) is 12.8 Å². The maximum Gasteiger partial charge on any atom is 0.133 e. The van der Waals surface area contributed by atoms with Crippen molar-refractivity contribution in [3.05, 3.63) is 12.4 Å². The molecule has 1 saturated carbocycles. The van der Waals surface area contributed by atoms with Gasteiger partial charge in [-0.05, 0) is 19.1 Å². The number of nitrogens with zero attached hydrogens (tertiary/aromatic N) is 3. The molecule has 0 atom stereocenters. The van der Waals surface area contributed by atoms with E-state index >= 15 is 0 Å². The van der Waals surface area contributed by atoms with Crippen molar-refractivity contribution in [1.82, 2.24) is 9.97 Å². The Hall–Kier alpha value is -0.290. The summed E-state index contributed by atoms with van der Waals surface area (Å²) in [5.74, 6) is 1.07. The topological polar surface area (TPSA) is 29.0 Å². The van der Waals surface area contributed by atoms with Gasteiger partial charge in [-0.15, -0.1) is 11.8 Å². The van der Waals surface area contributed by atoms with Crippen molar-refractivity contribution >= 4 is 33.5 Å². The molecule has 15 heavy (non-hydrogen) atoms. The van der Waals surface area contributed by atoms with Crippen molar-refractivity contribution in [2.75, 3.05) is 23.0 Å². The first-order chi connectivity index (χ1) is 7.35. The lowest BCUT2D eigenvalue weighted by atomic mass is 10.4. The summed E-state index contributed by atoms with van der Waals surface area (Å²) in [6, 6.07) is 2.78. The second kappa shape index (κ2) is 5.16. The van der Waals surface area contributed by atoms with Crippen LogP contribution in [0.4, 0.5) is 5.82 Å². The third-order valence-electron chi connectivity index (χ3n) is 2.44. The zero-order chi connectivity index (χ0) is 10.7. The van der Waals surface area contributed by atoms with Crippen LogP contribution >= 0.6 is 27.7 Å². The van der Waals surface area contributed by atoms with Gasteiger partial charge in [-0.2, -0.15) is 0 Å². The highest BCUT2D eigenvalue weighted by Crippen LogP contribution is 2.31. The molecule has 1 aliphatic carbocycles. The summed E-state index contributed by atoms with van der Waals surface area (Å²) in [6.07, 6.45) is 6.29. The van der Waals surface area contributed by atoms with Crippen molar-refractivity contribution in [2.45, 2.75) is 23.9 Å². The van der Waals surface area contributed by atoms with E-state index in [9.17, 15) is 0 Å². The fraction of sp³-hybridized carbons (Fsp3) is 0.600. The van der Waals surface area contributed by atoms with E-state index in [0.717, 1.165) is 22.7 Å². The molecule has 0 saturated heterocycles. The second-order valence-electron chi connectivity index (χ2n) is 3.53. The summed E-state index contributed by atoms with van der Waals surface area (Å²) in [7, 11) is 0. The van der Waals surface area contributed by atoms with Gasteiger partial charge in [-0.3, -0.25) is 0 Å².